The molecule has 8 nitrogen and oxygen atoms in total. The topological polar surface area (TPSA) is 98.2 Å². The van der Waals surface area contributed by atoms with E-state index < -0.39 is 6.10 Å². The summed E-state index contributed by atoms with van der Waals surface area (Å²) in [5.41, 5.74) is 2.60. The Morgan fingerprint density at radius 3 is 2.84 bits per heavy atom. The first kappa shape index (κ1) is 21.0. The number of hydrogen-bond acceptors (Lipinski definition) is 7. The fourth-order valence-electron chi connectivity index (χ4n) is 3.12. The number of hydrogen-bond donors (Lipinski definition) is 1. The van der Waals surface area contributed by atoms with Gasteiger partial charge in [-0.2, -0.15) is 9.78 Å². The summed E-state index contributed by atoms with van der Waals surface area (Å²) in [5, 5.41) is 24.3. The highest BCUT2D eigenvalue weighted by molar-refractivity contribution is 7.99. The van der Waals surface area contributed by atoms with E-state index in [-0.39, 0.29) is 12.1 Å². The maximum absolute atomic E-state index is 12.6. The Morgan fingerprint density at radius 2 is 2.00 bits per heavy atom. The van der Waals surface area contributed by atoms with Crippen LogP contribution in [0.3, 0.4) is 0 Å². The van der Waals surface area contributed by atoms with E-state index in [1.807, 2.05) is 44.2 Å². The number of aryl methyl sites for hydroxylation is 2. The molecule has 4 aromatic rings. The summed E-state index contributed by atoms with van der Waals surface area (Å²) in [5.74, 6) is 0.980. The first-order valence-corrected chi connectivity index (χ1v) is 10.8. The monoisotopic (exact) mass is 434 g/mol. The summed E-state index contributed by atoms with van der Waals surface area (Å²) in [6.45, 7) is 3.99. The lowest BCUT2D eigenvalue weighted by Crippen LogP contribution is -2.28. The number of aliphatic hydroxyl groups is 1. The van der Waals surface area contributed by atoms with Crippen molar-refractivity contribution in [2.75, 3.05) is 5.75 Å². The second-order valence-electron chi connectivity index (χ2n) is 7.18. The lowest BCUT2D eigenvalue weighted by molar-refractivity contribution is 0.176. The van der Waals surface area contributed by atoms with Gasteiger partial charge in [0.05, 0.1) is 36.1 Å². The van der Waals surface area contributed by atoms with Gasteiger partial charge in [-0.05, 0) is 31.5 Å². The van der Waals surface area contributed by atoms with Gasteiger partial charge in [0.2, 0.25) is 5.16 Å². The summed E-state index contributed by atoms with van der Waals surface area (Å²) in [7, 11) is 0. The fourth-order valence-corrected chi connectivity index (χ4v) is 3.97. The molecular weight excluding hydrogens is 412 g/mol. The number of fused-ring (bicyclic) bond motifs is 1. The molecule has 0 aliphatic heterocycles. The highest BCUT2D eigenvalue weighted by Gasteiger charge is 2.14. The lowest BCUT2D eigenvalue weighted by atomic mass is 10.2. The molecule has 0 spiro atoms. The molecular formula is C22H22N6O2S. The summed E-state index contributed by atoms with van der Waals surface area (Å²) >= 11 is 1.33. The average Bonchev–Trinajstić information content (AvgIpc) is 3.12. The van der Waals surface area contributed by atoms with E-state index >= 15 is 0 Å². The van der Waals surface area contributed by atoms with Crippen LogP contribution in [0.2, 0.25) is 0 Å². The molecule has 2 heterocycles. The molecule has 0 radical (unpaired) electrons. The Morgan fingerprint density at radius 1 is 1.16 bits per heavy atom. The zero-order chi connectivity index (χ0) is 21.8. The first-order chi connectivity index (χ1) is 15.0. The van der Waals surface area contributed by atoms with Crippen LogP contribution in [0.4, 0.5) is 0 Å². The summed E-state index contributed by atoms with van der Waals surface area (Å²) in [6.07, 6.45) is 2.46. The summed E-state index contributed by atoms with van der Waals surface area (Å²) in [6, 6.07) is 15.2. The maximum Gasteiger partial charge on any atom is 0.261 e. The highest BCUT2D eigenvalue weighted by Crippen LogP contribution is 2.18. The fraction of sp³-hybridized carbons (Fsp3) is 0.227. The lowest BCUT2D eigenvalue weighted by Gasteiger charge is -2.12. The molecule has 0 saturated heterocycles. The van der Waals surface area contributed by atoms with E-state index in [1.165, 1.54) is 22.7 Å². The predicted octanol–water partition coefficient (Wildman–Crippen LogP) is 2.64. The Labute approximate surface area is 183 Å². The molecule has 31 heavy (non-hydrogen) atoms. The number of aliphatic hydroxyl groups excluding tert-OH is 1. The minimum atomic E-state index is -0.767. The van der Waals surface area contributed by atoms with Crippen LogP contribution in [0, 0.1) is 13.8 Å². The van der Waals surface area contributed by atoms with Crippen molar-refractivity contribution in [3.63, 3.8) is 0 Å². The zero-order valence-electron chi connectivity index (χ0n) is 17.2. The van der Waals surface area contributed by atoms with Gasteiger partial charge in [-0.15, -0.1) is 10.2 Å². The molecule has 1 unspecified atom stereocenters. The smallest absolute Gasteiger partial charge is 0.261 e. The SMILES string of the molecule is Cc1cccc(C=Nn2c(C)nnc2SCC(O)Cn2cnc3ccccc3c2=O)c1. The van der Waals surface area contributed by atoms with Gasteiger partial charge in [-0.3, -0.25) is 9.36 Å². The van der Waals surface area contributed by atoms with E-state index in [9.17, 15) is 9.90 Å². The van der Waals surface area contributed by atoms with E-state index in [0.29, 0.717) is 27.6 Å². The summed E-state index contributed by atoms with van der Waals surface area (Å²) in [4.78, 5) is 16.9. The third-order valence-electron chi connectivity index (χ3n) is 4.68. The molecule has 2 aromatic carbocycles. The van der Waals surface area contributed by atoms with Crippen molar-refractivity contribution >= 4 is 28.9 Å². The second kappa shape index (κ2) is 9.23. The van der Waals surface area contributed by atoms with Crippen LogP contribution in [0.25, 0.3) is 10.9 Å². The van der Waals surface area contributed by atoms with Crippen molar-refractivity contribution in [2.24, 2.45) is 5.10 Å². The van der Waals surface area contributed by atoms with Gasteiger partial charge in [-0.1, -0.05) is 53.7 Å². The molecule has 0 aliphatic rings. The Hall–Kier alpha value is -3.30. The van der Waals surface area contributed by atoms with Crippen molar-refractivity contribution in [1.82, 2.24) is 24.4 Å². The third kappa shape index (κ3) is 4.89. The number of benzene rings is 2. The van der Waals surface area contributed by atoms with Crippen molar-refractivity contribution in [1.29, 1.82) is 0 Å². The van der Waals surface area contributed by atoms with Crippen LogP contribution < -0.4 is 5.56 Å². The first-order valence-electron chi connectivity index (χ1n) is 9.79. The Balaban J connectivity index is 1.44. The molecule has 0 aliphatic carbocycles. The van der Waals surface area contributed by atoms with Gasteiger partial charge in [-0.25, -0.2) is 4.98 Å². The molecule has 0 saturated carbocycles. The minimum Gasteiger partial charge on any atom is -0.390 e. The predicted molar refractivity (Wildman–Crippen MR) is 122 cm³/mol. The van der Waals surface area contributed by atoms with Crippen molar-refractivity contribution in [2.45, 2.75) is 31.7 Å². The minimum absolute atomic E-state index is 0.142. The van der Waals surface area contributed by atoms with Gasteiger partial charge in [0.15, 0.2) is 5.82 Å². The molecule has 9 heteroatoms. The Bertz CT molecular complexity index is 1300. The van der Waals surface area contributed by atoms with E-state index in [4.69, 9.17) is 0 Å². The van der Waals surface area contributed by atoms with Crippen LogP contribution in [-0.2, 0) is 6.54 Å². The van der Waals surface area contributed by atoms with Crippen LogP contribution >= 0.6 is 11.8 Å². The van der Waals surface area contributed by atoms with E-state index in [0.717, 1.165) is 11.1 Å². The van der Waals surface area contributed by atoms with Gasteiger partial charge in [0.25, 0.3) is 5.56 Å². The number of aromatic nitrogens is 5. The van der Waals surface area contributed by atoms with Gasteiger partial charge in [0.1, 0.15) is 0 Å². The van der Waals surface area contributed by atoms with E-state index in [1.54, 1.807) is 29.1 Å². The van der Waals surface area contributed by atoms with Crippen LogP contribution in [0.5, 0.6) is 0 Å². The quantitative estimate of drug-likeness (QED) is 0.355. The van der Waals surface area contributed by atoms with Crippen molar-refractivity contribution in [3.05, 3.63) is 82.2 Å². The van der Waals surface area contributed by atoms with Crippen LogP contribution in [0.1, 0.15) is 17.0 Å². The van der Waals surface area contributed by atoms with Gasteiger partial charge >= 0.3 is 0 Å². The molecule has 0 amide bonds. The molecule has 0 bridgehead atoms. The standard InChI is InChI=1S/C22H22N6O2S/c1-15-6-5-7-17(10-15)11-24-28-16(2)25-26-22(28)31-13-18(29)12-27-14-23-20-9-4-3-8-19(20)21(27)30/h3-11,14,18,29H,12-13H2,1-2H3. The highest BCUT2D eigenvalue weighted by atomic mass is 32.2. The third-order valence-corrected chi connectivity index (χ3v) is 5.74. The molecule has 4 rings (SSSR count). The van der Waals surface area contributed by atoms with Gasteiger partial charge in [0, 0.05) is 5.75 Å². The largest absolute Gasteiger partial charge is 0.390 e. The van der Waals surface area contributed by atoms with Crippen LogP contribution in [-0.4, -0.2) is 47.6 Å². The van der Waals surface area contributed by atoms with Crippen molar-refractivity contribution < 1.29 is 5.11 Å². The zero-order valence-corrected chi connectivity index (χ0v) is 18.0. The van der Waals surface area contributed by atoms with E-state index in [2.05, 4.69) is 20.3 Å². The molecule has 1 atom stereocenters. The average molecular weight is 435 g/mol. The normalized spacial score (nSPS) is 12.6. The van der Waals surface area contributed by atoms with Crippen LogP contribution in [0.15, 0.2) is 69.9 Å². The maximum atomic E-state index is 12.6. The Kier molecular flexibility index (Phi) is 6.24. The number of thioether (sulfide) groups is 1. The second-order valence-corrected chi connectivity index (χ2v) is 8.17. The molecule has 0 fully saturated rings. The van der Waals surface area contributed by atoms with Crippen molar-refractivity contribution in [3.8, 4) is 0 Å². The van der Waals surface area contributed by atoms with Gasteiger partial charge < -0.3 is 5.11 Å². The summed E-state index contributed by atoms with van der Waals surface area (Å²) < 4.78 is 3.07. The molecule has 158 valence electrons. The number of rotatable bonds is 7. The number of para-hydroxylation sites is 1. The molecule has 1 N–H and O–H groups in total. The molecule has 2 aromatic heterocycles. The number of nitrogens with zero attached hydrogens (tertiary/aromatic N) is 6.